The molecule has 1 aliphatic heterocycles. The molecule has 3 N–H and O–H groups in total. The number of nitrogen functional groups attached to an aromatic ring is 1. The summed E-state index contributed by atoms with van der Waals surface area (Å²) in [6.45, 7) is 3.31. The van der Waals surface area contributed by atoms with E-state index in [0.717, 1.165) is 42.6 Å². The number of aromatic amines is 1. The van der Waals surface area contributed by atoms with Crippen LogP contribution in [0.25, 0.3) is 11.0 Å². The number of anilines is 1. The minimum Gasteiger partial charge on any atom is -0.384 e. The average molecular weight is 340 g/mol. The van der Waals surface area contributed by atoms with Crippen molar-refractivity contribution in [1.82, 2.24) is 25.2 Å². The maximum Gasteiger partial charge on any atom is 0.276 e. The maximum absolute atomic E-state index is 12.7. The number of H-pyrrole nitrogens is 1. The van der Waals surface area contributed by atoms with Gasteiger partial charge in [0.25, 0.3) is 5.91 Å². The van der Waals surface area contributed by atoms with Crippen LogP contribution in [0.15, 0.2) is 22.7 Å². The standard InChI is InChI=1S/C17H20N6O2/c1-2-11-8-14(22-25-11)17(24)23-7-3-4-10(9-23)13-6-5-12-15(18)20-21-16(12)19-13/h5-6,8,10H,2-4,7,9H2,1H3,(H3,18,19,20,21)/t10-/m0/s1. The number of carbonyl (C=O) groups is 1. The third-order valence-electron chi connectivity index (χ3n) is 4.72. The van der Waals surface area contributed by atoms with Gasteiger partial charge in [-0.25, -0.2) is 4.98 Å². The number of fused-ring (bicyclic) bond motifs is 1. The monoisotopic (exact) mass is 340 g/mol. The first-order valence-corrected chi connectivity index (χ1v) is 8.51. The molecule has 4 heterocycles. The summed E-state index contributed by atoms with van der Waals surface area (Å²) < 4.78 is 5.15. The van der Waals surface area contributed by atoms with E-state index in [-0.39, 0.29) is 11.8 Å². The van der Waals surface area contributed by atoms with Gasteiger partial charge in [0.2, 0.25) is 0 Å². The fourth-order valence-corrected chi connectivity index (χ4v) is 3.30. The van der Waals surface area contributed by atoms with Gasteiger partial charge in [-0.3, -0.25) is 9.89 Å². The number of aryl methyl sites for hydroxylation is 1. The predicted molar refractivity (Wildman–Crippen MR) is 92.1 cm³/mol. The number of nitrogens with two attached hydrogens (primary N) is 1. The maximum atomic E-state index is 12.7. The Morgan fingerprint density at radius 1 is 1.48 bits per heavy atom. The number of aromatic nitrogens is 4. The van der Waals surface area contributed by atoms with Gasteiger partial charge >= 0.3 is 0 Å². The first kappa shape index (κ1) is 15.6. The van der Waals surface area contributed by atoms with Crippen LogP contribution < -0.4 is 5.73 Å². The Kier molecular flexibility index (Phi) is 3.87. The molecule has 0 spiro atoms. The molecule has 1 fully saturated rings. The van der Waals surface area contributed by atoms with Crippen LogP contribution in [0.1, 0.15) is 47.6 Å². The van der Waals surface area contributed by atoms with Crippen LogP contribution in [-0.4, -0.2) is 44.2 Å². The molecule has 1 atom stereocenters. The van der Waals surface area contributed by atoms with Crippen molar-refractivity contribution < 1.29 is 9.32 Å². The Balaban J connectivity index is 1.54. The lowest BCUT2D eigenvalue weighted by Crippen LogP contribution is -2.39. The summed E-state index contributed by atoms with van der Waals surface area (Å²) in [4.78, 5) is 19.1. The lowest BCUT2D eigenvalue weighted by molar-refractivity contribution is 0.0695. The molecular weight excluding hydrogens is 320 g/mol. The molecule has 0 aromatic carbocycles. The molecule has 1 amide bonds. The molecule has 3 aromatic heterocycles. The summed E-state index contributed by atoms with van der Waals surface area (Å²) in [5.74, 6) is 1.34. The van der Waals surface area contributed by atoms with E-state index >= 15 is 0 Å². The molecule has 0 bridgehead atoms. The highest BCUT2D eigenvalue weighted by molar-refractivity contribution is 5.92. The Bertz CT molecular complexity index is 915. The molecule has 130 valence electrons. The molecule has 1 saturated heterocycles. The van der Waals surface area contributed by atoms with Crippen LogP contribution in [0.5, 0.6) is 0 Å². The van der Waals surface area contributed by atoms with Crippen LogP contribution in [0, 0.1) is 0 Å². The number of likely N-dealkylation sites (tertiary alicyclic amines) is 1. The number of hydrogen-bond donors (Lipinski definition) is 2. The SMILES string of the molecule is CCc1cc(C(=O)N2CCC[C@H](c3ccc4c(N)[nH]nc4n3)C2)no1. The molecule has 3 aromatic rings. The number of carbonyl (C=O) groups excluding carboxylic acids is 1. The topological polar surface area (TPSA) is 114 Å². The predicted octanol–water partition coefficient (Wildman–Crippen LogP) is 2.11. The second-order valence-corrected chi connectivity index (χ2v) is 6.37. The van der Waals surface area contributed by atoms with E-state index in [1.807, 2.05) is 24.0 Å². The normalized spacial score (nSPS) is 18.0. The third kappa shape index (κ3) is 2.84. The summed E-state index contributed by atoms with van der Waals surface area (Å²) >= 11 is 0. The quantitative estimate of drug-likeness (QED) is 0.755. The van der Waals surface area contributed by atoms with Crippen molar-refractivity contribution in [2.45, 2.75) is 32.1 Å². The highest BCUT2D eigenvalue weighted by Crippen LogP contribution is 2.28. The van der Waals surface area contributed by atoms with Gasteiger partial charge in [-0.2, -0.15) is 5.10 Å². The fourth-order valence-electron chi connectivity index (χ4n) is 3.30. The number of rotatable bonds is 3. The van der Waals surface area contributed by atoms with E-state index in [1.54, 1.807) is 6.07 Å². The summed E-state index contributed by atoms with van der Waals surface area (Å²) in [6, 6.07) is 5.63. The zero-order chi connectivity index (χ0) is 17.4. The van der Waals surface area contributed by atoms with Gasteiger partial charge < -0.3 is 15.2 Å². The zero-order valence-corrected chi connectivity index (χ0v) is 14.0. The van der Waals surface area contributed by atoms with Crippen molar-refractivity contribution in [3.8, 4) is 0 Å². The first-order chi connectivity index (χ1) is 12.2. The highest BCUT2D eigenvalue weighted by atomic mass is 16.5. The molecule has 25 heavy (non-hydrogen) atoms. The molecule has 0 radical (unpaired) electrons. The molecule has 0 aliphatic carbocycles. The van der Waals surface area contributed by atoms with Crippen LogP contribution >= 0.6 is 0 Å². The number of hydrogen-bond acceptors (Lipinski definition) is 6. The second-order valence-electron chi connectivity index (χ2n) is 6.37. The first-order valence-electron chi connectivity index (χ1n) is 8.51. The van der Waals surface area contributed by atoms with Crippen molar-refractivity contribution in [1.29, 1.82) is 0 Å². The molecule has 0 unspecified atom stereocenters. The number of amides is 1. The second kappa shape index (κ2) is 6.19. The minimum absolute atomic E-state index is 0.0850. The lowest BCUT2D eigenvalue weighted by atomic mass is 9.94. The number of pyridine rings is 1. The molecule has 8 heteroatoms. The number of nitrogens with one attached hydrogen (secondary N) is 1. The summed E-state index contributed by atoms with van der Waals surface area (Å²) in [6.07, 6.45) is 2.64. The van der Waals surface area contributed by atoms with Gasteiger partial charge in [0.15, 0.2) is 11.3 Å². The van der Waals surface area contributed by atoms with Gasteiger partial charge in [-0.1, -0.05) is 12.1 Å². The van der Waals surface area contributed by atoms with Gasteiger partial charge in [-0.15, -0.1) is 0 Å². The van der Waals surface area contributed by atoms with E-state index in [9.17, 15) is 4.79 Å². The van der Waals surface area contributed by atoms with Crippen molar-refractivity contribution in [3.63, 3.8) is 0 Å². The summed E-state index contributed by atoms with van der Waals surface area (Å²) in [5.41, 5.74) is 7.74. The minimum atomic E-state index is -0.0850. The van der Waals surface area contributed by atoms with Crippen LogP contribution in [-0.2, 0) is 6.42 Å². The van der Waals surface area contributed by atoms with E-state index in [1.165, 1.54) is 0 Å². The third-order valence-corrected chi connectivity index (χ3v) is 4.72. The molecular formula is C17H20N6O2. The zero-order valence-electron chi connectivity index (χ0n) is 14.0. The smallest absolute Gasteiger partial charge is 0.276 e. The van der Waals surface area contributed by atoms with Crippen LogP contribution in [0.2, 0.25) is 0 Å². The molecule has 4 rings (SSSR count). The molecule has 0 saturated carbocycles. The van der Waals surface area contributed by atoms with E-state index in [2.05, 4.69) is 20.3 Å². The largest absolute Gasteiger partial charge is 0.384 e. The van der Waals surface area contributed by atoms with Crippen molar-refractivity contribution in [2.75, 3.05) is 18.8 Å². The summed E-state index contributed by atoms with van der Waals surface area (Å²) in [5, 5.41) is 11.6. The van der Waals surface area contributed by atoms with Crippen molar-refractivity contribution in [2.24, 2.45) is 0 Å². The lowest BCUT2D eigenvalue weighted by Gasteiger charge is -2.31. The Morgan fingerprint density at radius 3 is 3.16 bits per heavy atom. The van der Waals surface area contributed by atoms with Crippen molar-refractivity contribution in [3.05, 3.63) is 35.3 Å². The Labute approximate surface area is 144 Å². The number of piperidine rings is 1. The van der Waals surface area contributed by atoms with Gasteiger partial charge in [0.05, 0.1) is 5.39 Å². The number of nitrogens with zero attached hydrogens (tertiary/aromatic N) is 4. The average Bonchev–Trinajstić information content (AvgIpc) is 3.28. The van der Waals surface area contributed by atoms with Crippen LogP contribution in [0.4, 0.5) is 5.82 Å². The Morgan fingerprint density at radius 2 is 2.36 bits per heavy atom. The van der Waals surface area contributed by atoms with E-state index in [4.69, 9.17) is 10.3 Å². The van der Waals surface area contributed by atoms with Gasteiger partial charge in [0, 0.05) is 37.2 Å². The molecule has 8 nitrogen and oxygen atoms in total. The van der Waals surface area contributed by atoms with Gasteiger partial charge in [-0.05, 0) is 25.0 Å². The van der Waals surface area contributed by atoms with Crippen molar-refractivity contribution >= 4 is 22.8 Å². The summed E-state index contributed by atoms with van der Waals surface area (Å²) in [7, 11) is 0. The fraction of sp³-hybridized carbons (Fsp3) is 0.412. The molecule has 1 aliphatic rings. The van der Waals surface area contributed by atoms with Gasteiger partial charge in [0.1, 0.15) is 11.6 Å². The van der Waals surface area contributed by atoms with E-state index < -0.39 is 0 Å². The highest BCUT2D eigenvalue weighted by Gasteiger charge is 2.28. The Hall–Kier alpha value is -2.90. The van der Waals surface area contributed by atoms with E-state index in [0.29, 0.717) is 23.7 Å². The van der Waals surface area contributed by atoms with Crippen LogP contribution in [0.3, 0.4) is 0 Å².